The van der Waals surface area contributed by atoms with Crippen LogP contribution in [0, 0.1) is 5.92 Å². The molecule has 0 aromatic carbocycles. The Morgan fingerprint density at radius 3 is 2.60 bits per heavy atom. The monoisotopic (exact) mass is 304 g/mol. The quantitative estimate of drug-likeness (QED) is 0.666. The average molecular weight is 304 g/mol. The third kappa shape index (κ3) is 3.53. The topological polar surface area (TPSA) is 72.6 Å². The van der Waals surface area contributed by atoms with E-state index < -0.39 is 15.4 Å². The standard InChI is InChI=1S/C14H28N2O3S/c1-16(8-9-19-10-12-5-6-12)14(11-15)7-3-4-13(14)20(2,17)18/h12-13H,3-11,15H2,1-2H3. The molecule has 0 aromatic rings. The maximum atomic E-state index is 12.0. The van der Waals surface area contributed by atoms with Gasteiger partial charge in [0.15, 0.2) is 9.84 Å². The van der Waals surface area contributed by atoms with Gasteiger partial charge in [0.1, 0.15) is 0 Å². The maximum Gasteiger partial charge on any atom is 0.152 e. The minimum atomic E-state index is -3.06. The highest BCUT2D eigenvalue weighted by molar-refractivity contribution is 7.91. The number of hydrogen-bond acceptors (Lipinski definition) is 5. The van der Waals surface area contributed by atoms with Crippen molar-refractivity contribution in [3.8, 4) is 0 Å². The highest BCUT2D eigenvalue weighted by atomic mass is 32.2. The molecule has 20 heavy (non-hydrogen) atoms. The van der Waals surface area contributed by atoms with Gasteiger partial charge >= 0.3 is 0 Å². The van der Waals surface area contributed by atoms with Crippen LogP contribution in [0.3, 0.4) is 0 Å². The number of likely N-dealkylation sites (N-methyl/N-ethyl adjacent to an activating group) is 1. The summed E-state index contributed by atoms with van der Waals surface area (Å²) in [4.78, 5) is 2.12. The van der Waals surface area contributed by atoms with E-state index in [1.807, 2.05) is 7.05 Å². The fraction of sp³-hybridized carbons (Fsp3) is 1.00. The van der Waals surface area contributed by atoms with Crippen molar-refractivity contribution in [1.82, 2.24) is 4.90 Å². The van der Waals surface area contributed by atoms with Crippen LogP contribution >= 0.6 is 0 Å². The summed E-state index contributed by atoms with van der Waals surface area (Å²) in [7, 11) is -1.08. The Kier molecular flexibility index (Phi) is 5.10. The number of sulfone groups is 1. The van der Waals surface area contributed by atoms with E-state index in [0.29, 0.717) is 13.2 Å². The molecule has 6 heteroatoms. The largest absolute Gasteiger partial charge is 0.380 e. The lowest BCUT2D eigenvalue weighted by atomic mass is 9.95. The molecule has 2 N–H and O–H groups in total. The highest BCUT2D eigenvalue weighted by Crippen LogP contribution is 2.38. The fourth-order valence-corrected chi connectivity index (χ4v) is 5.21. The number of nitrogens with two attached hydrogens (primary N) is 1. The van der Waals surface area contributed by atoms with Crippen LogP contribution in [0.4, 0.5) is 0 Å². The summed E-state index contributed by atoms with van der Waals surface area (Å²) in [6.45, 7) is 2.64. The Morgan fingerprint density at radius 2 is 2.05 bits per heavy atom. The first-order valence-corrected chi connectivity index (χ1v) is 9.53. The first-order chi connectivity index (χ1) is 9.40. The van der Waals surface area contributed by atoms with Crippen LogP contribution in [0.1, 0.15) is 32.1 Å². The second kappa shape index (κ2) is 6.30. The van der Waals surface area contributed by atoms with Crippen molar-refractivity contribution in [2.45, 2.75) is 42.9 Å². The van der Waals surface area contributed by atoms with Crippen LogP contribution in [-0.4, -0.2) is 63.7 Å². The summed E-state index contributed by atoms with van der Waals surface area (Å²) in [5, 5.41) is -0.339. The lowest BCUT2D eigenvalue weighted by Gasteiger charge is -2.42. The maximum absolute atomic E-state index is 12.0. The molecule has 2 rings (SSSR count). The van der Waals surface area contributed by atoms with Crippen molar-refractivity contribution in [2.75, 3.05) is 39.6 Å². The molecule has 118 valence electrons. The zero-order valence-electron chi connectivity index (χ0n) is 12.7. The molecule has 2 atom stereocenters. The number of nitrogens with zero attached hydrogens (tertiary/aromatic N) is 1. The zero-order valence-corrected chi connectivity index (χ0v) is 13.5. The second-order valence-electron chi connectivity index (χ2n) is 6.46. The SMILES string of the molecule is CN(CCOCC1CC1)C1(CN)CCCC1S(C)(=O)=O. The van der Waals surface area contributed by atoms with Gasteiger partial charge < -0.3 is 10.5 Å². The van der Waals surface area contributed by atoms with Gasteiger partial charge in [0, 0.05) is 31.5 Å². The van der Waals surface area contributed by atoms with Gasteiger partial charge in [0.05, 0.1) is 11.9 Å². The molecule has 0 heterocycles. The number of hydrogen-bond donors (Lipinski definition) is 1. The van der Waals surface area contributed by atoms with E-state index >= 15 is 0 Å². The van der Waals surface area contributed by atoms with Crippen molar-refractivity contribution >= 4 is 9.84 Å². The van der Waals surface area contributed by atoms with E-state index in [1.54, 1.807) is 0 Å². The second-order valence-corrected chi connectivity index (χ2v) is 8.69. The van der Waals surface area contributed by atoms with Crippen LogP contribution in [0.15, 0.2) is 0 Å². The molecule has 5 nitrogen and oxygen atoms in total. The Hall–Kier alpha value is -0.170. The summed E-state index contributed by atoms with van der Waals surface area (Å²) in [6, 6.07) is 0. The van der Waals surface area contributed by atoms with Crippen LogP contribution in [-0.2, 0) is 14.6 Å². The first-order valence-electron chi connectivity index (χ1n) is 7.58. The van der Waals surface area contributed by atoms with Crippen molar-refractivity contribution in [2.24, 2.45) is 11.7 Å². The van der Waals surface area contributed by atoms with E-state index in [4.69, 9.17) is 10.5 Å². The lowest BCUT2D eigenvalue weighted by molar-refractivity contribution is 0.0624. The van der Waals surface area contributed by atoms with Crippen LogP contribution in [0.25, 0.3) is 0 Å². The zero-order chi connectivity index (χ0) is 14.8. The Balaban J connectivity index is 1.93. The summed E-state index contributed by atoms with van der Waals surface area (Å²) in [5.41, 5.74) is 5.57. The Bertz CT molecular complexity index is 422. The van der Waals surface area contributed by atoms with Gasteiger partial charge in [-0.25, -0.2) is 8.42 Å². The molecule has 0 amide bonds. The van der Waals surface area contributed by atoms with E-state index in [-0.39, 0.29) is 5.25 Å². The minimum Gasteiger partial charge on any atom is -0.380 e. The third-order valence-electron chi connectivity index (χ3n) is 4.93. The minimum absolute atomic E-state index is 0.339. The Morgan fingerprint density at radius 1 is 1.35 bits per heavy atom. The molecular formula is C14H28N2O3S. The molecule has 0 spiro atoms. The van der Waals surface area contributed by atoms with Gasteiger partial charge in [-0.2, -0.15) is 0 Å². The van der Waals surface area contributed by atoms with Crippen molar-refractivity contribution in [1.29, 1.82) is 0 Å². The Labute approximate surface area is 122 Å². The predicted molar refractivity (Wildman–Crippen MR) is 80.4 cm³/mol. The van der Waals surface area contributed by atoms with E-state index in [9.17, 15) is 8.42 Å². The first kappa shape index (κ1) is 16.2. The van der Waals surface area contributed by atoms with Gasteiger partial charge in [-0.3, -0.25) is 4.90 Å². The highest BCUT2D eigenvalue weighted by Gasteiger charge is 2.49. The van der Waals surface area contributed by atoms with E-state index in [0.717, 1.165) is 38.3 Å². The molecule has 0 saturated heterocycles. The van der Waals surface area contributed by atoms with Gasteiger partial charge in [0.25, 0.3) is 0 Å². The van der Waals surface area contributed by atoms with Crippen molar-refractivity contribution < 1.29 is 13.2 Å². The molecule has 2 aliphatic rings. The summed E-state index contributed by atoms with van der Waals surface area (Å²) < 4.78 is 29.7. The molecular weight excluding hydrogens is 276 g/mol. The van der Waals surface area contributed by atoms with Crippen LogP contribution in [0.2, 0.25) is 0 Å². The van der Waals surface area contributed by atoms with E-state index in [2.05, 4.69) is 4.90 Å². The molecule has 2 unspecified atom stereocenters. The molecule has 2 fully saturated rings. The summed E-state index contributed by atoms with van der Waals surface area (Å²) in [6.07, 6.45) is 6.44. The van der Waals surface area contributed by atoms with E-state index in [1.165, 1.54) is 19.1 Å². The summed E-state index contributed by atoms with van der Waals surface area (Å²) >= 11 is 0. The summed E-state index contributed by atoms with van der Waals surface area (Å²) in [5.74, 6) is 0.763. The fourth-order valence-electron chi connectivity index (χ4n) is 3.42. The van der Waals surface area contributed by atoms with Crippen molar-refractivity contribution in [3.63, 3.8) is 0 Å². The molecule has 2 aliphatic carbocycles. The van der Waals surface area contributed by atoms with Gasteiger partial charge in [-0.15, -0.1) is 0 Å². The molecule has 0 radical (unpaired) electrons. The average Bonchev–Trinajstić information content (AvgIpc) is 3.08. The number of rotatable bonds is 8. The third-order valence-corrected chi connectivity index (χ3v) is 6.64. The lowest BCUT2D eigenvalue weighted by Crippen LogP contribution is -2.59. The number of ether oxygens (including phenoxy) is 1. The van der Waals surface area contributed by atoms with Gasteiger partial charge in [0.2, 0.25) is 0 Å². The molecule has 2 saturated carbocycles. The van der Waals surface area contributed by atoms with Crippen LogP contribution < -0.4 is 5.73 Å². The normalized spacial score (nSPS) is 31.1. The van der Waals surface area contributed by atoms with Gasteiger partial charge in [-0.05, 0) is 38.6 Å². The molecule has 0 aliphatic heterocycles. The molecule has 0 aromatic heterocycles. The van der Waals surface area contributed by atoms with Crippen LogP contribution in [0.5, 0.6) is 0 Å². The van der Waals surface area contributed by atoms with Gasteiger partial charge in [-0.1, -0.05) is 6.42 Å². The molecule has 0 bridgehead atoms. The predicted octanol–water partition coefficient (Wildman–Crippen LogP) is 0.639. The smallest absolute Gasteiger partial charge is 0.152 e. The van der Waals surface area contributed by atoms with Crippen molar-refractivity contribution in [3.05, 3.63) is 0 Å².